The largest absolute Gasteiger partial charge is 0.345 e. The number of rotatable bonds is 1. The van der Waals surface area contributed by atoms with E-state index in [0.29, 0.717) is 0 Å². The average molecular weight is 366 g/mol. The first-order chi connectivity index (χ1) is 7.59. The van der Waals surface area contributed by atoms with Gasteiger partial charge in [-0.2, -0.15) is 12.1 Å². The summed E-state index contributed by atoms with van der Waals surface area (Å²) >= 11 is 3.42. The topological polar surface area (TPSA) is 22.0 Å². The molecule has 0 aliphatic carbocycles. The fourth-order valence-electron chi connectivity index (χ4n) is 1.66. The van der Waals surface area contributed by atoms with Crippen molar-refractivity contribution < 1.29 is 32.7 Å². The SMILES string of the molecule is Cc1cc(Br)ccc1-c1[c-]ccc(=O)n1C.[Y]. The average Bonchev–Trinajstić information content (AvgIpc) is 2.23. The van der Waals surface area contributed by atoms with E-state index < -0.39 is 0 Å². The number of halogens is 1. The first-order valence-corrected chi connectivity index (χ1v) is 5.73. The summed E-state index contributed by atoms with van der Waals surface area (Å²) in [5.74, 6) is 0. The smallest absolute Gasteiger partial charge is 0.194 e. The summed E-state index contributed by atoms with van der Waals surface area (Å²) in [7, 11) is 1.76. The number of pyridine rings is 1. The van der Waals surface area contributed by atoms with Crippen LogP contribution in [0.2, 0.25) is 0 Å². The van der Waals surface area contributed by atoms with Crippen LogP contribution in [0.5, 0.6) is 0 Å². The number of aryl methyl sites for hydroxylation is 1. The van der Waals surface area contributed by atoms with Crippen molar-refractivity contribution in [2.24, 2.45) is 7.05 Å². The van der Waals surface area contributed by atoms with Crippen LogP contribution in [-0.4, -0.2) is 4.57 Å². The second-order valence-corrected chi connectivity index (χ2v) is 4.60. The van der Waals surface area contributed by atoms with Gasteiger partial charge in [-0.1, -0.05) is 57.9 Å². The molecule has 0 spiro atoms. The van der Waals surface area contributed by atoms with Crippen molar-refractivity contribution in [3.63, 3.8) is 0 Å². The van der Waals surface area contributed by atoms with E-state index in [1.807, 2.05) is 25.1 Å². The minimum Gasteiger partial charge on any atom is -0.345 e. The van der Waals surface area contributed by atoms with Gasteiger partial charge in [0, 0.05) is 44.2 Å². The molecular formula is C13H11BrNOY-. The molecule has 0 unspecified atom stereocenters. The normalized spacial score (nSPS) is 9.82. The molecule has 85 valence electrons. The monoisotopic (exact) mass is 365 g/mol. The molecule has 0 aliphatic rings. The molecule has 4 heteroatoms. The molecule has 0 N–H and O–H groups in total. The first-order valence-electron chi connectivity index (χ1n) is 4.94. The summed E-state index contributed by atoms with van der Waals surface area (Å²) in [6.45, 7) is 2.02. The van der Waals surface area contributed by atoms with Crippen LogP contribution in [0.1, 0.15) is 5.56 Å². The minimum atomic E-state index is -0.0175. The van der Waals surface area contributed by atoms with Gasteiger partial charge in [0.25, 0.3) is 0 Å². The van der Waals surface area contributed by atoms with E-state index in [-0.39, 0.29) is 38.3 Å². The van der Waals surface area contributed by atoms with Gasteiger partial charge in [0.05, 0.1) is 0 Å². The van der Waals surface area contributed by atoms with Crippen LogP contribution in [0.3, 0.4) is 0 Å². The number of nitrogens with zero attached hydrogens (tertiary/aromatic N) is 1. The van der Waals surface area contributed by atoms with Crippen LogP contribution >= 0.6 is 15.9 Å². The molecule has 2 rings (SSSR count). The Hall–Kier alpha value is -0.246. The van der Waals surface area contributed by atoms with Crippen molar-refractivity contribution >= 4 is 15.9 Å². The van der Waals surface area contributed by atoms with Crippen LogP contribution < -0.4 is 5.56 Å². The molecule has 0 saturated carbocycles. The molecule has 0 atom stereocenters. The van der Waals surface area contributed by atoms with E-state index in [1.165, 1.54) is 6.07 Å². The first kappa shape index (κ1) is 14.8. The van der Waals surface area contributed by atoms with Crippen molar-refractivity contribution in [2.45, 2.75) is 6.92 Å². The van der Waals surface area contributed by atoms with E-state index >= 15 is 0 Å². The Kier molecular flexibility index (Phi) is 5.30. The zero-order valence-corrected chi connectivity index (χ0v) is 14.1. The van der Waals surface area contributed by atoms with Crippen LogP contribution in [0, 0.1) is 13.0 Å². The third-order valence-electron chi connectivity index (χ3n) is 2.56. The molecule has 2 aromatic rings. The molecule has 17 heavy (non-hydrogen) atoms. The molecular weight excluding hydrogens is 355 g/mol. The summed E-state index contributed by atoms with van der Waals surface area (Å²) < 4.78 is 2.64. The van der Waals surface area contributed by atoms with Gasteiger partial charge in [0.1, 0.15) is 0 Å². The molecule has 1 aromatic carbocycles. The summed E-state index contributed by atoms with van der Waals surface area (Å²) in [5.41, 5.74) is 2.95. The summed E-state index contributed by atoms with van der Waals surface area (Å²) in [6, 6.07) is 12.3. The van der Waals surface area contributed by atoms with Crippen molar-refractivity contribution in [2.75, 3.05) is 0 Å². The van der Waals surface area contributed by atoms with Crippen molar-refractivity contribution in [1.29, 1.82) is 0 Å². The second-order valence-electron chi connectivity index (χ2n) is 3.68. The van der Waals surface area contributed by atoms with E-state index in [4.69, 9.17) is 0 Å². The summed E-state index contributed by atoms with van der Waals surface area (Å²) in [4.78, 5) is 11.5. The van der Waals surface area contributed by atoms with Gasteiger partial charge in [-0.25, -0.2) is 0 Å². The molecule has 0 bridgehead atoms. The zero-order chi connectivity index (χ0) is 11.7. The van der Waals surface area contributed by atoms with Crippen molar-refractivity contribution in [1.82, 2.24) is 4.57 Å². The van der Waals surface area contributed by atoms with Crippen LogP contribution in [0.15, 0.2) is 39.6 Å². The Balaban J connectivity index is 0.00000144. The Morgan fingerprint density at radius 3 is 2.65 bits per heavy atom. The Bertz CT molecular complexity index is 592. The minimum absolute atomic E-state index is 0. The fraction of sp³-hybridized carbons (Fsp3) is 0.154. The van der Waals surface area contributed by atoms with Gasteiger partial charge < -0.3 is 4.57 Å². The van der Waals surface area contributed by atoms with Crippen LogP contribution in [0.25, 0.3) is 11.3 Å². The molecule has 1 radical (unpaired) electrons. The molecule has 0 fully saturated rings. The van der Waals surface area contributed by atoms with Gasteiger partial charge in [0.2, 0.25) is 0 Å². The maximum Gasteiger partial charge on any atom is 0.194 e. The zero-order valence-electron chi connectivity index (χ0n) is 9.70. The van der Waals surface area contributed by atoms with Crippen molar-refractivity contribution in [3.05, 3.63) is 56.8 Å². The summed E-state index contributed by atoms with van der Waals surface area (Å²) in [6.07, 6.45) is 0. The Labute approximate surface area is 134 Å². The molecule has 0 amide bonds. The molecule has 0 aliphatic heterocycles. The van der Waals surface area contributed by atoms with Gasteiger partial charge in [-0.15, -0.1) is 6.07 Å². The standard InChI is InChI=1S/C13H11BrNO.Y/c1-9-8-10(14)6-7-11(9)12-4-3-5-13(16)15(12)2;/h3,5-8H,1-2H3;/q-1;. The van der Waals surface area contributed by atoms with E-state index in [1.54, 1.807) is 17.7 Å². The third-order valence-corrected chi connectivity index (χ3v) is 3.05. The fourth-order valence-corrected chi connectivity index (χ4v) is 2.14. The van der Waals surface area contributed by atoms with E-state index in [2.05, 4.69) is 22.0 Å². The number of aromatic nitrogens is 1. The number of hydrogen-bond acceptors (Lipinski definition) is 1. The third kappa shape index (κ3) is 3.15. The van der Waals surface area contributed by atoms with Crippen LogP contribution in [-0.2, 0) is 39.8 Å². The second kappa shape index (κ2) is 6.08. The van der Waals surface area contributed by atoms with Gasteiger partial charge in [-0.3, -0.25) is 4.79 Å². The molecule has 1 heterocycles. The Morgan fingerprint density at radius 2 is 2.00 bits per heavy atom. The molecule has 0 saturated heterocycles. The predicted molar refractivity (Wildman–Crippen MR) is 68.4 cm³/mol. The van der Waals surface area contributed by atoms with Gasteiger partial charge >= 0.3 is 0 Å². The van der Waals surface area contributed by atoms with Crippen molar-refractivity contribution in [3.8, 4) is 11.3 Å². The quantitative estimate of drug-likeness (QED) is 0.712. The van der Waals surface area contributed by atoms with Gasteiger partial charge in [0.15, 0.2) is 5.56 Å². The van der Waals surface area contributed by atoms with E-state index in [0.717, 1.165) is 21.3 Å². The van der Waals surface area contributed by atoms with Gasteiger partial charge in [-0.05, 0) is 0 Å². The predicted octanol–water partition coefficient (Wildman–Crippen LogP) is 2.92. The van der Waals surface area contributed by atoms with Crippen LogP contribution in [0.4, 0.5) is 0 Å². The molecule has 2 nitrogen and oxygen atoms in total. The number of benzene rings is 1. The Morgan fingerprint density at radius 1 is 1.29 bits per heavy atom. The molecule has 1 aromatic heterocycles. The number of hydrogen-bond donors (Lipinski definition) is 0. The maximum atomic E-state index is 11.5. The maximum absolute atomic E-state index is 11.5. The summed E-state index contributed by atoms with van der Waals surface area (Å²) in [5, 5.41) is 0. The van der Waals surface area contributed by atoms with E-state index in [9.17, 15) is 4.79 Å².